The topological polar surface area (TPSA) is 33.7 Å². The zero-order valence-electron chi connectivity index (χ0n) is 13.7. The minimum Gasteiger partial charge on any atom is -0.377 e. The molecule has 2 fully saturated rings. The number of hydrogen-bond donors (Lipinski definition) is 1. The van der Waals surface area contributed by atoms with Crippen molar-refractivity contribution in [1.29, 1.82) is 0 Å². The molecule has 2 saturated heterocycles. The van der Waals surface area contributed by atoms with Crippen LogP contribution in [-0.2, 0) is 9.47 Å². The third kappa shape index (κ3) is 4.69. The van der Waals surface area contributed by atoms with Crippen LogP contribution in [0.15, 0.2) is 0 Å². The van der Waals surface area contributed by atoms with E-state index in [2.05, 4.69) is 38.2 Å². The second-order valence-electron chi connectivity index (χ2n) is 7.54. The van der Waals surface area contributed by atoms with Crippen molar-refractivity contribution >= 4 is 0 Å². The van der Waals surface area contributed by atoms with Gasteiger partial charge in [0, 0.05) is 38.3 Å². The minimum absolute atomic E-state index is 0.000200. The van der Waals surface area contributed by atoms with Crippen molar-refractivity contribution in [3.63, 3.8) is 0 Å². The van der Waals surface area contributed by atoms with Crippen LogP contribution in [-0.4, -0.2) is 63.5 Å². The second-order valence-corrected chi connectivity index (χ2v) is 7.54. The Morgan fingerprint density at radius 3 is 2.65 bits per heavy atom. The first-order valence-corrected chi connectivity index (χ1v) is 8.02. The SMILES string of the molecule is CN(C)C[C@]1(CNC[C@H]2CCCO2)CCOC(C)(C)C1. The van der Waals surface area contributed by atoms with Crippen molar-refractivity contribution in [1.82, 2.24) is 10.2 Å². The number of nitrogens with one attached hydrogen (secondary N) is 1. The molecular formula is C16H32N2O2. The Morgan fingerprint density at radius 1 is 1.25 bits per heavy atom. The highest BCUT2D eigenvalue weighted by Gasteiger charge is 2.41. The molecule has 2 heterocycles. The van der Waals surface area contributed by atoms with Gasteiger partial charge in [-0.3, -0.25) is 0 Å². The Kier molecular flexibility index (Phi) is 5.46. The van der Waals surface area contributed by atoms with Crippen LogP contribution in [0.25, 0.3) is 0 Å². The molecule has 2 aliphatic rings. The number of ether oxygens (including phenoxy) is 2. The molecule has 0 amide bonds. The quantitative estimate of drug-likeness (QED) is 0.807. The van der Waals surface area contributed by atoms with Crippen molar-refractivity contribution in [2.45, 2.75) is 51.2 Å². The Labute approximate surface area is 124 Å². The Morgan fingerprint density at radius 2 is 2.05 bits per heavy atom. The Bertz CT molecular complexity index is 301. The summed E-state index contributed by atoms with van der Waals surface area (Å²) in [5, 5.41) is 3.67. The van der Waals surface area contributed by atoms with Crippen LogP contribution < -0.4 is 5.32 Å². The van der Waals surface area contributed by atoms with Crippen LogP contribution in [0.2, 0.25) is 0 Å². The minimum atomic E-state index is -0.000200. The van der Waals surface area contributed by atoms with Crippen molar-refractivity contribution < 1.29 is 9.47 Å². The van der Waals surface area contributed by atoms with Gasteiger partial charge in [0.25, 0.3) is 0 Å². The van der Waals surface area contributed by atoms with E-state index in [0.29, 0.717) is 11.5 Å². The standard InChI is InChI=1S/C16H32N2O2/c1-15(2)11-16(7-9-20-15,13-18(3)4)12-17-10-14-6-5-8-19-14/h14,17H,5-13H2,1-4H3/t14-,16-/m1/s1. The molecule has 0 aliphatic carbocycles. The third-order valence-electron chi connectivity index (χ3n) is 4.47. The molecule has 0 saturated carbocycles. The van der Waals surface area contributed by atoms with Crippen molar-refractivity contribution in [2.75, 3.05) is 46.9 Å². The van der Waals surface area contributed by atoms with Gasteiger partial charge in [0.05, 0.1) is 11.7 Å². The predicted molar refractivity (Wildman–Crippen MR) is 82.1 cm³/mol. The van der Waals surface area contributed by atoms with E-state index in [9.17, 15) is 0 Å². The fourth-order valence-electron chi connectivity index (χ4n) is 3.90. The lowest BCUT2D eigenvalue weighted by Crippen LogP contribution is -2.51. The average Bonchev–Trinajstić information content (AvgIpc) is 2.79. The molecule has 2 rings (SSSR count). The highest BCUT2D eigenvalue weighted by Crippen LogP contribution is 2.38. The van der Waals surface area contributed by atoms with Crippen LogP contribution in [0.1, 0.15) is 39.5 Å². The first-order chi connectivity index (χ1) is 9.41. The highest BCUT2D eigenvalue weighted by atomic mass is 16.5. The monoisotopic (exact) mass is 284 g/mol. The van der Waals surface area contributed by atoms with Gasteiger partial charge in [0.15, 0.2) is 0 Å². The lowest BCUT2D eigenvalue weighted by atomic mass is 9.73. The van der Waals surface area contributed by atoms with Crippen LogP contribution in [0.3, 0.4) is 0 Å². The summed E-state index contributed by atoms with van der Waals surface area (Å²) in [5.41, 5.74) is 0.323. The zero-order chi connectivity index (χ0) is 14.6. The fourth-order valence-corrected chi connectivity index (χ4v) is 3.90. The second kappa shape index (κ2) is 6.73. The third-order valence-corrected chi connectivity index (χ3v) is 4.47. The molecule has 0 aromatic rings. The maximum atomic E-state index is 5.91. The Balaban J connectivity index is 1.88. The van der Waals surface area contributed by atoms with Crippen molar-refractivity contribution in [2.24, 2.45) is 5.41 Å². The van der Waals surface area contributed by atoms with Crippen LogP contribution in [0.4, 0.5) is 0 Å². The average molecular weight is 284 g/mol. The van der Waals surface area contributed by atoms with Gasteiger partial charge in [0.2, 0.25) is 0 Å². The first-order valence-electron chi connectivity index (χ1n) is 8.02. The summed E-state index contributed by atoms with van der Waals surface area (Å²) in [4.78, 5) is 2.31. The largest absolute Gasteiger partial charge is 0.377 e. The van der Waals surface area contributed by atoms with Gasteiger partial charge >= 0.3 is 0 Å². The van der Waals surface area contributed by atoms with Gasteiger partial charge in [0.1, 0.15) is 0 Å². The maximum Gasteiger partial charge on any atom is 0.0700 e. The lowest BCUT2D eigenvalue weighted by molar-refractivity contribution is -0.109. The summed E-state index contributed by atoms with van der Waals surface area (Å²) in [6.45, 7) is 9.44. The molecule has 4 nitrogen and oxygen atoms in total. The van der Waals surface area contributed by atoms with Gasteiger partial charge < -0.3 is 19.7 Å². The van der Waals surface area contributed by atoms with Crippen LogP contribution in [0.5, 0.6) is 0 Å². The normalized spacial score (nSPS) is 33.8. The van der Waals surface area contributed by atoms with Gasteiger partial charge in [-0.15, -0.1) is 0 Å². The molecule has 20 heavy (non-hydrogen) atoms. The molecule has 0 bridgehead atoms. The molecule has 118 valence electrons. The Hall–Kier alpha value is -0.160. The molecule has 4 heteroatoms. The summed E-state index contributed by atoms with van der Waals surface area (Å²) in [7, 11) is 4.34. The number of rotatable bonds is 6. The first kappa shape index (κ1) is 16.2. The molecular weight excluding hydrogens is 252 g/mol. The smallest absolute Gasteiger partial charge is 0.0700 e. The lowest BCUT2D eigenvalue weighted by Gasteiger charge is -2.46. The van der Waals surface area contributed by atoms with Gasteiger partial charge in [-0.2, -0.15) is 0 Å². The van der Waals surface area contributed by atoms with Crippen LogP contribution in [0, 0.1) is 5.41 Å². The van der Waals surface area contributed by atoms with E-state index in [0.717, 1.165) is 45.7 Å². The van der Waals surface area contributed by atoms with E-state index in [-0.39, 0.29) is 5.60 Å². The number of hydrogen-bond acceptors (Lipinski definition) is 4. The summed E-state index contributed by atoms with van der Waals surface area (Å²) < 4.78 is 11.6. The van der Waals surface area contributed by atoms with E-state index in [4.69, 9.17) is 9.47 Å². The van der Waals surface area contributed by atoms with E-state index >= 15 is 0 Å². The van der Waals surface area contributed by atoms with Gasteiger partial charge in [-0.05, 0) is 53.6 Å². The van der Waals surface area contributed by atoms with Crippen LogP contribution >= 0.6 is 0 Å². The molecule has 2 atom stereocenters. The van der Waals surface area contributed by atoms with E-state index in [1.54, 1.807) is 0 Å². The molecule has 0 aromatic heterocycles. The molecule has 1 N–H and O–H groups in total. The predicted octanol–water partition coefficient (Wildman–Crippen LogP) is 1.89. The molecule has 0 spiro atoms. The van der Waals surface area contributed by atoms with E-state index < -0.39 is 0 Å². The van der Waals surface area contributed by atoms with Crippen molar-refractivity contribution in [3.8, 4) is 0 Å². The summed E-state index contributed by atoms with van der Waals surface area (Å²) >= 11 is 0. The molecule has 0 unspecified atom stereocenters. The molecule has 0 radical (unpaired) electrons. The molecule has 0 aromatic carbocycles. The maximum absolute atomic E-state index is 5.91. The summed E-state index contributed by atoms with van der Waals surface area (Å²) in [6, 6.07) is 0. The highest BCUT2D eigenvalue weighted by molar-refractivity contribution is 4.93. The van der Waals surface area contributed by atoms with E-state index in [1.807, 2.05) is 0 Å². The van der Waals surface area contributed by atoms with Gasteiger partial charge in [-0.25, -0.2) is 0 Å². The zero-order valence-corrected chi connectivity index (χ0v) is 13.7. The van der Waals surface area contributed by atoms with Gasteiger partial charge in [-0.1, -0.05) is 0 Å². The summed E-state index contributed by atoms with van der Waals surface area (Å²) in [5.74, 6) is 0. The fraction of sp³-hybridized carbons (Fsp3) is 1.00. The van der Waals surface area contributed by atoms with E-state index in [1.165, 1.54) is 12.8 Å². The summed E-state index contributed by atoms with van der Waals surface area (Å²) in [6.07, 6.45) is 5.13. The number of nitrogens with zero attached hydrogens (tertiary/aromatic N) is 1. The molecule has 2 aliphatic heterocycles. The van der Waals surface area contributed by atoms with Crippen molar-refractivity contribution in [3.05, 3.63) is 0 Å².